The predicted molar refractivity (Wildman–Crippen MR) is 166 cm³/mol. The van der Waals surface area contributed by atoms with Crippen LogP contribution in [-0.4, -0.2) is 96.6 Å². The zero-order valence-corrected chi connectivity index (χ0v) is 27.0. The van der Waals surface area contributed by atoms with Gasteiger partial charge in [0, 0.05) is 31.6 Å². The number of hydrogen-bond donors (Lipinski definition) is 1. The molecule has 0 fully saturated rings. The Labute approximate surface area is 233 Å². The normalized spacial score (nSPS) is 11.3. The lowest BCUT2D eigenvalue weighted by molar-refractivity contribution is -0.535. The quantitative estimate of drug-likeness (QED) is 0.112. The average molecular weight is 524 g/mol. The van der Waals surface area contributed by atoms with Gasteiger partial charge in [0.15, 0.2) is 5.96 Å². The summed E-state index contributed by atoms with van der Waals surface area (Å²) >= 11 is 0. The van der Waals surface area contributed by atoms with E-state index in [9.17, 15) is 0 Å². The van der Waals surface area contributed by atoms with Crippen LogP contribution >= 0.6 is 0 Å². The zero-order valence-electron chi connectivity index (χ0n) is 27.0. The van der Waals surface area contributed by atoms with Gasteiger partial charge in [-0.15, -0.1) is 0 Å². The van der Waals surface area contributed by atoms with Crippen molar-refractivity contribution in [3.8, 4) is 0 Å². The minimum atomic E-state index is 0.0545. The van der Waals surface area contributed by atoms with Gasteiger partial charge in [0.25, 0.3) is 0 Å². The van der Waals surface area contributed by atoms with Crippen molar-refractivity contribution < 1.29 is 4.58 Å². The summed E-state index contributed by atoms with van der Waals surface area (Å²) in [7, 11) is 0. The molecule has 6 nitrogen and oxygen atoms in total. The molecule has 6 heteroatoms. The topological polar surface area (TPSA) is 37.1 Å². The second-order valence-electron chi connectivity index (χ2n) is 11.4. The maximum absolute atomic E-state index is 5.38. The largest absolute Gasteiger partial charge is 0.348 e. The van der Waals surface area contributed by atoms with Crippen LogP contribution in [0.4, 0.5) is 0 Å². The molecule has 37 heavy (non-hydrogen) atoms. The number of rotatable bonds is 20. The number of aliphatic imine (C=N–C) groups is 1. The standard InChI is InChI=1S/C31H66N6/c1-11-19-34(20-12-2)29(35(21-13-3)22-14-4)32-27-31(9,10)28-33-30(36(23-15-5)24-16-6)37(25-17-7)26-18-8/h11-28H2,1-10H3/p+1. The van der Waals surface area contributed by atoms with E-state index in [0.29, 0.717) is 0 Å². The summed E-state index contributed by atoms with van der Waals surface area (Å²) in [5.41, 5.74) is 0.0545. The predicted octanol–water partition coefficient (Wildman–Crippen LogP) is 6.51. The molecule has 0 atom stereocenters. The van der Waals surface area contributed by atoms with Crippen LogP contribution in [0.15, 0.2) is 4.99 Å². The van der Waals surface area contributed by atoms with Crippen LogP contribution in [0.2, 0.25) is 0 Å². The van der Waals surface area contributed by atoms with Crippen molar-refractivity contribution in [1.29, 1.82) is 0 Å². The summed E-state index contributed by atoms with van der Waals surface area (Å²) in [6.07, 6.45) is 9.31. The summed E-state index contributed by atoms with van der Waals surface area (Å²) in [4.78, 5) is 13.0. The Bertz CT molecular complexity index is 569. The summed E-state index contributed by atoms with van der Waals surface area (Å²) in [6, 6.07) is 0. The fourth-order valence-electron chi connectivity index (χ4n) is 4.91. The summed E-state index contributed by atoms with van der Waals surface area (Å²) in [5, 5.41) is 3.95. The second-order valence-corrected chi connectivity index (χ2v) is 11.4. The molecule has 220 valence electrons. The molecule has 0 saturated heterocycles. The molecular formula is C31H67N6+. The molecule has 0 saturated carbocycles. The molecule has 0 aliphatic heterocycles. The molecule has 0 heterocycles. The smallest absolute Gasteiger partial charge is 0.343 e. The Hall–Kier alpha value is -1.46. The van der Waals surface area contributed by atoms with E-state index in [4.69, 9.17) is 4.99 Å². The van der Waals surface area contributed by atoms with Crippen LogP contribution in [0.1, 0.15) is 121 Å². The molecule has 1 N–H and O–H groups in total. The van der Waals surface area contributed by atoms with Crippen molar-refractivity contribution in [2.75, 3.05) is 65.4 Å². The van der Waals surface area contributed by atoms with E-state index in [-0.39, 0.29) is 5.41 Å². The van der Waals surface area contributed by atoms with Gasteiger partial charge in [0.05, 0.1) is 39.3 Å². The highest BCUT2D eigenvalue weighted by molar-refractivity contribution is 5.80. The highest BCUT2D eigenvalue weighted by Crippen LogP contribution is 2.16. The van der Waals surface area contributed by atoms with Crippen molar-refractivity contribution in [2.24, 2.45) is 10.4 Å². The van der Waals surface area contributed by atoms with Crippen molar-refractivity contribution >= 4 is 11.9 Å². The van der Waals surface area contributed by atoms with E-state index in [2.05, 4.69) is 93.8 Å². The van der Waals surface area contributed by atoms with E-state index in [0.717, 1.165) is 91.1 Å². The molecule has 0 rings (SSSR count). The van der Waals surface area contributed by atoms with E-state index >= 15 is 0 Å². The summed E-state index contributed by atoms with van der Waals surface area (Å²) in [6.45, 7) is 33.6. The lowest BCUT2D eigenvalue weighted by Crippen LogP contribution is -2.51. The molecule has 0 radical (unpaired) electrons. The molecule has 0 unspecified atom stereocenters. The third kappa shape index (κ3) is 14.3. The van der Waals surface area contributed by atoms with Crippen molar-refractivity contribution in [2.45, 2.75) is 121 Å². The zero-order chi connectivity index (χ0) is 28.1. The van der Waals surface area contributed by atoms with Crippen LogP contribution in [0.3, 0.4) is 0 Å². The molecule has 0 amide bonds. The van der Waals surface area contributed by atoms with Gasteiger partial charge in [-0.3, -0.25) is 19.8 Å². The van der Waals surface area contributed by atoms with E-state index in [1.807, 2.05) is 0 Å². The van der Waals surface area contributed by atoms with Crippen LogP contribution in [0.5, 0.6) is 0 Å². The molecule has 0 aliphatic carbocycles. The maximum Gasteiger partial charge on any atom is 0.348 e. The fourth-order valence-corrected chi connectivity index (χ4v) is 4.91. The van der Waals surface area contributed by atoms with Gasteiger partial charge in [0.1, 0.15) is 0 Å². The Morgan fingerprint density at radius 2 is 0.973 bits per heavy atom. The average Bonchev–Trinajstić information content (AvgIpc) is 2.85. The monoisotopic (exact) mass is 524 g/mol. The van der Waals surface area contributed by atoms with E-state index in [1.54, 1.807) is 0 Å². The third-order valence-electron chi connectivity index (χ3n) is 6.49. The number of nitrogens with zero attached hydrogens (tertiary/aromatic N) is 5. The molecule has 0 spiro atoms. The van der Waals surface area contributed by atoms with Crippen molar-refractivity contribution in [1.82, 2.24) is 20.0 Å². The lowest BCUT2D eigenvalue weighted by Gasteiger charge is -2.35. The molecule has 0 aromatic rings. The van der Waals surface area contributed by atoms with E-state index in [1.165, 1.54) is 37.6 Å². The summed E-state index contributed by atoms with van der Waals surface area (Å²) in [5.74, 6) is 2.56. The van der Waals surface area contributed by atoms with Crippen LogP contribution in [-0.2, 0) is 0 Å². The Kier molecular flexibility index (Phi) is 20.6. The highest BCUT2D eigenvalue weighted by atomic mass is 15.4. The SMILES string of the molecule is CCCN(CCC)C(=NCC(C)(C)CNC(N(CCC)CCC)=[N+](CCC)CCC)N(CCC)CCC. The minimum absolute atomic E-state index is 0.0545. The number of guanidine groups is 2. The first-order valence-electron chi connectivity index (χ1n) is 15.9. The second kappa shape index (κ2) is 21.5. The Morgan fingerprint density at radius 1 is 0.595 bits per heavy atom. The van der Waals surface area contributed by atoms with Gasteiger partial charge in [0.2, 0.25) is 0 Å². The van der Waals surface area contributed by atoms with E-state index < -0.39 is 0 Å². The van der Waals surface area contributed by atoms with Gasteiger partial charge in [-0.2, -0.15) is 0 Å². The molecule has 0 aromatic heterocycles. The first-order valence-corrected chi connectivity index (χ1v) is 15.9. The number of nitrogens with one attached hydrogen (secondary N) is 1. The first kappa shape index (κ1) is 35.5. The molecule has 0 aliphatic rings. The van der Waals surface area contributed by atoms with Gasteiger partial charge in [-0.05, 0) is 51.4 Å². The molecular weight excluding hydrogens is 456 g/mol. The summed E-state index contributed by atoms with van der Waals surface area (Å²) < 4.78 is 2.59. The Balaban J connectivity index is 6.04. The van der Waals surface area contributed by atoms with Crippen molar-refractivity contribution in [3.05, 3.63) is 0 Å². The molecule has 0 bridgehead atoms. The highest BCUT2D eigenvalue weighted by Gasteiger charge is 2.27. The van der Waals surface area contributed by atoms with Gasteiger partial charge >= 0.3 is 5.96 Å². The third-order valence-corrected chi connectivity index (χ3v) is 6.49. The fraction of sp³-hybridized carbons (Fsp3) is 0.935. The molecule has 0 aromatic carbocycles. The van der Waals surface area contributed by atoms with Crippen LogP contribution in [0, 0.1) is 5.41 Å². The van der Waals surface area contributed by atoms with Gasteiger partial charge in [-0.1, -0.05) is 69.2 Å². The van der Waals surface area contributed by atoms with Crippen LogP contribution in [0.25, 0.3) is 0 Å². The maximum atomic E-state index is 5.38. The van der Waals surface area contributed by atoms with Gasteiger partial charge < -0.3 is 9.80 Å². The van der Waals surface area contributed by atoms with Crippen LogP contribution < -0.4 is 5.32 Å². The lowest BCUT2D eigenvalue weighted by atomic mass is 9.94. The van der Waals surface area contributed by atoms with Crippen molar-refractivity contribution in [3.63, 3.8) is 0 Å². The number of hydrogen-bond acceptors (Lipinski definition) is 1. The Morgan fingerprint density at radius 3 is 1.32 bits per heavy atom. The minimum Gasteiger partial charge on any atom is -0.343 e. The first-order chi connectivity index (χ1) is 17.8. The van der Waals surface area contributed by atoms with Gasteiger partial charge in [-0.25, -0.2) is 0 Å².